The Hall–Kier alpha value is -2.23. The number of aliphatic hydroxyl groups excluding tert-OH is 1. The van der Waals surface area contributed by atoms with Gasteiger partial charge in [0.05, 0.1) is 0 Å². The molecule has 0 saturated heterocycles. The molecule has 19 heavy (non-hydrogen) atoms. The molecule has 1 heterocycles. The molecular weight excluding hydrogens is 262 g/mol. The van der Waals surface area contributed by atoms with Gasteiger partial charge in [-0.25, -0.2) is 0 Å². The summed E-state index contributed by atoms with van der Waals surface area (Å²) in [6.45, 7) is 1.64. The van der Waals surface area contributed by atoms with Gasteiger partial charge < -0.3 is 5.11 Å². The molecule has 0 atom stereocenters. The predicted molar refractivity (Wildman–Crippen MR) is 73.0 cm³/mol. The molecule has 5 nitrogen and oxygen atoms in total. The van der Waals surface area contributed by atoms with E-state index in [1.807, 2.05) is 6.92 Å². The summed E-state index contributed by atoms with van der Waals surface area (Å²) in [5.74, 6) is 5.07. The number of carbonyl (C=O) groups is 1. The van der Waals surface area contributed by atoms with Crippen molar-refractivity contribution in [2.24, 2.45) is 0 Å². The average Bonchev–Trinajstić information content (AvgIpc) is 2.82. The zero-order valence-electron chi connectivity index (χ0n) is 10.2. The number of carbonyl (C=O) groups excluding carboxylic acids is 1. The van der Waals surface area contributed by atoms with Crippen LogP contribution in [0.25, 0.3) is 0 Å². The van der Waals surface area contributed by atoms with Crippen LogP contribution in [0.15, 0.2) is 24.3 Å². The lowest BCUT2D eigenvalue weighted by Gasteiger charge is -2.00. The van der Waals surface area contributed by atoms with Crippen molar-refractivity contribution in [3.63, 3.8) is 0 Å². The number of amides is 1. The number of rotatable bonds is 2. The van der Waals surface area contributed by atoms with E-state index in [1.165, 1.54) is 11.3 Å². The second-order valence-corrected chi connectivity index (χ2v) is 4.80. The van der Waals surface area contributed by atoms with Gasteiger partial charge in [0.1, 0.15) is 11.6 Å². The molecule has 2 rings (SSSR count). The van der Waals surface area contributed by atoms with Crippen LogP contribution in [0.2, 0.25) is 0 Å². The predicted octanol–water partition coefficient (Wildman–Crippen LogP) is 1.44. The normalized spacial score (nSPS) is 9.58. The molecule has 0 saturated carbocycles. The molecule has 0 aliphatic heterocycles. The zero-order valence-corrected chi connectivity index (χ0v) is 11.0. The van der Waals surface area contributed by atoms with Gasteiger partial charge in [-0.1, -0.05) is 23.2 Å². The molecule has 1 amide bonds. The number of nitrogens with one attached hydrogen (secondary N) is 1. The van der Waals surface area contributed by atoms with E-state index in [2.05, 4.69) is 27.4 Å². The summed E-state index contributed by atoms with van der Waals surface area (Å²) >= 11 is 1.32. The molecule has 0 spiro atoms. The summed E-state index contributed by atoms with van der Waals surface area (Å²) in [6.07, 6.45) is 0. The molecule has 0 aliphatic rings. The van der Waals surface area contributed by atoms with Crippen LogP contribution in [-0.4, -0.2) is 27.8 Å². The summed E-state index contributed by atoms with van der Waals surface area (Å²) in [7, 11) is 0. The Morgan fingerprint density at radius 2 is 2.11 bits per heavy atom. The van der Waals surface area contributed by atoms with Crippen LogP contribution in [0, 0.1) is 18.8 Å². The van der Waals surface area contributed by atoms with E-state index in [0.29, 0.717) is 10.7 Å². The Bertz CT molecular complexity index is 638. The quantitative estimate of drug-likeness (QED) is 0.812. The zero-order chi connectivity index (χ0) is 13.7. The van der Waals surface area contributed by atoms with Gasteiger partial charge >= 0.3 is 0 Å². The highest BCUT2D eigenvalue weighted by atomic mass is 32.1. The number of benzene rings is 1. The summed E-state index contributed by atoms with van der Waals surface area (Å²) in [5.41, 5.74) is 1.26. The minimum Gasteiger partial charge on any atom is -0.384 e. The maximum atomic E-state index is 11.9. The molecule has 2 aromatic rings. The van der Waals surface area contributed by atoms with Gasteiger partial charge in [0.25, 0.3) is 5.91 Å². The lowest BCUT2D eigenvalue weighted by Crippen LogP contribution is -2.11. The van der Waals surface area contributed by atoms with Gasteiger partial charge in [-0.15, -0.1) is 10.2 Å². The van der Waals surface area contributed by atoms with Crippen molar-refractivity contribution in [3.05, 3.63) is 40.4 Å². The number of hydrogen-bond acceptors (Lipinski definition) is 5. The molecular formula is C13H11N3O2S. The topological polar surface area (TPSA) is 75.1 Å². The fraction of sp³-hybridized carbons (Fsp3) is 0.154. The average molecular weight is 273 g/mol. The lowest BCUT2D eigenvalue weighted by atomic mass is 10.1. The Balaban J connectivity index is 2.07. The first-order valence-corrected chi connectivity index (χ1v) is 6.32. The van der Waals surface area contributed by atoms with E-state index in [4.69, 9.17) is 5.11 Å². The van der Waals surface area contributed by atoms with Crippen molar-refractivity contribution in [2.75, 3.05) is 11.9 Å². The Labute approximate surface area is 114 Å². The third kappa shape index (κ3) is 3.61. The number of anilines is 1. The highest BCUT2D eigenvalue weighted by molar-refractivity contribution is 7.15. The molecule has 6 heteroatoms. The fourth-order valence-corrected chi connectivity index (χ4v) is 1.95. The number of aromatic nitrogens is 2. The van der Waals surface area contributed by atoms with Gasteiger partial charge in [-0.2, -0.15) is 0 Å². The van der Waals surface area contributed by atoms with Crippen molar-refractivity contribution in [3.8, 4) is 11.8 Å². The van der Waals surface area contributed by atoms with E-state index in [-0.39, 0.29) is 12.5 Å². The van der Waals surface area contributed by atoms with Crippen LogP contribution in [-0.2, 0) is 0 Å². The number of aryl methyl sites for hydroxylation is 1. The summed E-state index contributed by atoms with van der Waals surface area (Å²) in [4.78, 5) is 11.9. The van der Waals surface area contributed by atoms with Crippen LogP contribution < -0.4 is 5.32 Å². The van der Waals surface area contributed by atoms with Crippen molar-refractivity contribution in [1.29, 1.82) is 0 Å². The molecule has 96 valence electrons. The monoisotopic (exact) mass is 273 g/mol. The minimum absolute atomic E-state index is 0.182. The first-order chi connectivity index (χ1) is 9.19. The van der Waals surface area contributed by atoms with Crippen LogP contribution in [0.5, 0.6) is 0 Å². The molecule has 0 aliphatic carbocycles. The number of hydrogen-bond donors (Lipinski definition) is 2. The van der Waals surface area contributed by atoms with E-state index in [9.17, 15) is 4.79 Å². The molecule has 0 radical (unpaired) electrons. The standard InChI is InChI=1S/C13H11N3O2S/c1-9-15-16-13(19-9)14-12(18)11-6-4-10(5-7-11)3-2-8-17/h4-7,17H,8H2,1H3,(H,14,16,18). The van der Waals surface area contributed by atoms with Crippen molar-refractivity contribution < 1.29 is 9.90 Å². The molecule has 1 aromatic heterocycles. The third-order valence-electron chi connectivity index (χ3n) is 2.21. The molecule has 0 bridgehead atoms. The minimum atomic E-state index is -0.238. The number of nitrogens with zero attached hydrogens (tertiary/aromatic N) is 2. The van der Waals surface area contributed by atoms with Gasteiger partial charge in [0, 0.05) is 11.1 Å². The largest absolute Gasteiger partial charge is 0.384 e. The van der Waals surface area contributed by atoms with Crippen LogP contribution in [0.4, 0.5) is 5.13 Å². The third-order valence-corrected chi connectivity index (χ3v) is 2.96. The van der Waals surface area contributed by atoms with E-state index < -0.39 is 0 Å². The van der Waals surface area contributed by atoms with Gasteiger partial charge in [-0.3, -0.25) is 10.1 Å². The summed E-state index contributed by atoms with van der Waals surface area (Å²) in [6, 6.07) is 6.79. The smallest absolute Gasteiger partial charge is 0.257 e. The first-order valence-electron chi connectivity index (χ1n) is 5.50. The highest BCUT2D eigenvalue weighted by Gasteiger charge is 2.08. The fourth-order valence-electron chi connectivity index (χ4n) is 1.36. The van der Waals surface area contributed by atoms with Crippen molar-refractivity contribution in [1.82, 2.24) is 10.2 Å². The van der Waals surface area contributed by atoms with Gasteiger partial charge in [-0.05, 0) is 31.2 Å². The Morgan fingerprint density at radius 1 is 1.37 bits per heavy atom. The Morgan fingerprint density at radius 3 is 2.68 bits per heavy atom. The molecule has 0 fully saturated rings. The lowest BCUT2D eigenvalue weighted by molar-refractivity contribution is 0.102. The summed E-state index contributed by atoms with van der Waals surface area (Å²) < 4.78 is 0. The number of aliphatic hydroxyl groups is 1. The summed E-state index contributed by atoms with van der Waals surface area (Å²) in [5, 5.41) is 20.2. The highest BCUT2D eigenvalue weighted by Crippen LogP contribution is 2.15. The molecule has 1 aromatic carbocycles. The maximum Gasteiger partial charge on any atom is 0.257 e. The van der Waals surface area contributed by atoms with Crippen LogP contribution in [0.1, 0.15) is 20.9 Å². The van der Waals surface area contributed by atoms with Crippen molar-refractivity contribution in [2.45, 2.75) is 6.92 Å². The van der Waals surface area contributed by atoms with Gasteiger partial charge in [0.15, 0.2) is 0 Å². The van der Waals surface area contributed by atoms with Crippen LogP contribution >= 0.6 is 11.3 Å². The van der Waals surface area contributed by atoms with Crippen LogP contribution in [0.3, 0.4) is 0 Å². The molecule has 2 N–H and O–H groups in total. The van der Waals surface area contributed by atoms with E-state index in [1.54, 1.807) is 24.3 Å². The second-order valence-electron chi connectivity index (χ2n) is 3.62. The van der Waals surface area contributed by atoms with Gasteiger partial charge in [0.2, 0.25) is 5.13 Å². The van der Waals surface area contributed by atoms with Crippen molar-refractivity contribution >= 4 is 22.4 Å². The second kappa shape index (κ2) is 6.09. The van der Waals surface area contributed by atoms with E-state index in [0.717, 1.165) is 10.6 Å². The maximum absolute atomic E-state index is 11.9. The Kier molecular flexibility index (Phi) is 4.23. The SMILES string of the molecule is Cc1nnc(NC(=O)c2ccc(C#CCO)cc2)s1. The first kappa shape index (κ1) is 13.2. The molecule has 0 unspecified atom stereocenters. The van der Waals surface area contributed by atoms with E-state index >= 15 is 0 Å².